The molecule has 4 aromatic rings. The van der Waals surface area contributed by atoms with Crippen LogP contribution in [0, 0.1) is 12.8 Å². The number of amides is 1. The summed E-state index contributed by atoms with van der Waals surface area (Å²) in [5, 5.41) is 4.68. The van der Waals surface area contributed by atoms with E-state index < -0.39 is 0 Å². The molecule has 0 aromatic carbocycles. The van der Waals surface area contributed by atoms with E-state index in [9.17, 15) is 4.79 Å². The number of aromatic nitrogens is 4. The predicted octanol–water partition coefficient (Wildman–Crippen LogP) is 3.72. The van der Waals surface area contributed by atoms with Gasteiger partial charge in [-0.2, -0.15) is 4.98 Å². The first-order valence-corrected chi connectivity index (χ1v) is 11.3. The van der Waals surface area contributed by atoms with Crippen LogP contribution in [0.4, 0.5) is 11.6 Å². The van der Waals surface area contributed by atoms with Crippen molar-refractivity contribution in [1.29, 1.82) is 0 Å². The molecular weight excluding hydrogens is 420 g/mol. The van der Waals surface area contributed by atoms with E-state index in [2.05, 4.69) is 32.1 Å². The smallest absolute Gasteiger partial charge is 0.231 e. The molecule has 1 saturated heterocycles. The largest absolute Gasteiger partial charge is 0.434 e. The number of morpholine rings is 1. The Hall–Kier alpha value is -3.59. The van der Waals surface area contributed by atoms with Gasteiger partial charge in [-0.25, -0.2) is 9.97 Å². The molecule has 1 N–H and O–H groups in total. The number of pyridine rings is 3. The molecule has 0 bridgehead atoms. The summed E-state index contributed by atoms with van der Waals surface area (Å²) in [6.07, 6.45) is 5.53. The van der Waals surface area contributed by atoms with E-state index >= 15 is 0 Å². The van der Waals surface area contributed by atoms with E-state index in [4.69, 9.17) is 14.1 Å². The molecule has 0 unspecified atom stereocenters. The van der Waals surface area contributed by atoms with Crippen molar-refractivity contribution in [1.82, 2.24) is 19.9 Å². The highest BCUT2D eigenvalue weighted by Gasteiger charge is 2.30. The monoisotopic (exact) mass is 444 g/mol. The van der Waals surface area contributed by atoms with Crippen LogP contribution >= 0.6 is 0 Å². The van der Waals surface area contributed by atoms with Crippen molar-refractivity contribution in [2.45, 2.75) is 32.8 Å². The summed E-state index contributed by atoms with van der Waals surface area (Å²) in [6, 6.07) is 5.72. The first-order chi connectivity index (χ1) is 16.0. The number of fused-ring (bicyclic) bond motifs is 2. The highest BCUT2D eigenvalue weighted by molar-refractivity contribution is 6.00. The van der Waals surface area contributed by atoms with Crippen LogP contribution in [-0.4, -0.2) is 51.6 Å². The van der Waals surface area contributed by atoms with Crippen molar-refractivity contribution in [2.75, 3.05) is 29.9 Å². The van der Waals surface area contributed by atoms with E-state index in [0.29, 0.717) is 29.5 Å². The van der Waals surface area contributed by atoms with Crippen molar-refractivity contribution in [3.63, 3.8) is 0 Å². The molecule has 4 aromatic heterocycles. The zero-order valence-corrected chi connectivity index (χ0v) is 18.5. The van der Waals surface area contributed by atoms with Gasteiger partial charge in [0.2, 0.25) is 17.4 Å². The van der Waals surface area contributed by atoms with Crippen LogP contribution in [0.2, 0.25) is 0 Å². The highest BCUT2D eigenvalue weighted by atomic mass is 16.5. The summed E-state index contributed by atoms with van der Waals surface area (Å²) in [5.41, 5.74) is 2.74. The SMILES string of the molecule is Cc1ncc(-c2nc3nc(N4CCO[C@H](C)C4)ccc3o2)c2cc(NC(=O)C3CC3)ncc12. The maximum absolute atomic E-state index is 12.2. The molecule has 33 heavy (non-hydrogen) atoms. The van der Waals surface area contributed by atoms with Crippen LogP contribution in [0.5, 0.6) is 0 Å². The number of hydrogen-bond acceptors (Lipinski definition) is 8. The molecular formula is C24H24N6O3. The molecule has 1 atom stereocenters. The summed E-state index contributed by atoms with van der Waals surface area (Å²) in [5.74, 6) is 1.94. The standard InChI is InChI=1S/C24H24N6O3/c1-13-12-30(7-8-32-13)21-6-5-19-22(28-21)29-24(33-19)18-11-25-14(2)17-10-26-20(9-16(17)18)27-23(31)15-3-4-15/h5-6,9-11,13,15H,3-4,7-8,12H2,1-2H3,(H,26,27,31)/t13-/m1/s1. The normalized spacial score (nSPS) is 18.7. The van der Waals surface area contributed by atoms with Gasteiger partial charge in [0.15, 0.2) is 5.58 Å². The molecule has 2 fully saturated rings. The number of carbonyl (C=O) groups is 1. The van der Waals surface area contributed by atoms with E-state index in [1.807, 2.05) is 25.1 Å². The Bertz CT molecular complexity index is 1380. The van der Waals surface area contributed by atoms with Crippen LogP contribution in [0.25, 0.3) is 33.5 Å². The number of carbonyl (C=O) groups excluding carboxylic acids is 1. The van der Waals surface area contributed by atoms with Gasteiger partial charge in [0.1, 0.15) is 11.6 Å². The zero-order chi connectivity index (χ0) is 22.5. The molecule has 9 heteroatoms. The van der Waals surface area contributed by atoms with E-state index in [1.54, 1.807) is 12.4 Å². The molecule has 168 valence electrons. The Kier molecular flexibility index (Phi) is 4.72. The van der Waals surface area contributed by atoms with E-state index in [-0.39, 0.29) is 17.9 Å². The Morgan fingerprint density at radius 2 is 2.03 bits per heavy atom. The molecule has 6 rings (SSSR count). The fourth-order valence-electron chi connectivity index (χ4n) is 4.21. The lowest BCUT2D eigenvalue weighted by atomic mass is 10.1. The van der Waals surface area contributed by atoms with Crippen LogP contribution in [0.15, 0.2) is 35.0 Å². The lowest BCUT2D eigenvalue weighted by molar-refractivity contribution is -0.117. The minimum Gasteiger partial charge on any atom is -0.434 e. The van der Waals surface area contributed by atoms with Crippen LogP contribution in [0.3, 0.4) is 0 Å². The van der Waals surface area contributed by atoms with Gasteiger partial charge >= 0.3 is 0 Å². The molecule has 2 aliphatic rings. The average molecular weight is 444 g/mol. The molecule has 0 radical (unpaired) electrons. The molecule has 1 amide bonds. The van der Waals surface area contributed by atoms with Gasteiger partial charge in [0.25, 0.3) is 0 Å². The van der Waals surface area contributed by atoms with E-state index in [1.165, 1.54) is 0 Å². The molecule has 5 heterocycles. The number of hydrogen-bond donors (Lipinski definition) is 1. The first-order valence-electron chi connectivity index (χ1n) is 11.3. The maximum atomic E-state index is 12.2. The van der Waals surface area contributed by atoms with Crippen molar-refractivity contribution >= 4 is 39.5 Å². The molecule has 1 aliphatic heterocycles. The summed E-state index contributed by atoms with van der Waals surface area (Å²) in [6.45, 7) is 6.25. The lowest BCUT2D eigenvalue weighted by Gasteiger charge is -2.31. The fraction of sp³-hybridized carbons (Fsp3) is 0.375. The second-order valence-electron chi connectivity index (χ2n) is 8.77. The van der Waals surface area contributed by atoms with Gasteiger partial charge in [-0.1, -0.05) is 0 Å². The Morgan fingerprint density at radius 3 is 2.85 bits per heavy atom. The van der Waals surface area contributed by atoms with Crippen molar-refractivity contribution < 1.29 is 13.9 Å². The van der Waals surface area contributed by atoms with Gasteiger partial charge in [-0.3, -0.25) is 9.78 Å². The Balaban J connectivity index is 1.39. The van der Waals surface area contributed by atoms with Crippen molar-refractivity contribution in [2.24, 2.45) is 5.92 Å². The Morgan fingerprint density at radius 1 is 1.15 bits per heavy atom. The number of anilines is 2. The zero-order valence-electron chi connectivity index (χ0n) is 18.5. The van der Waals surface area contributed by atoms with Gasteiger partial charge in [0.05, 0.1) is 18.3 Å². The minimum atomic E-state index is 0.0187. The summed E-state index contributed by atoms with van der Waals surface area (Å²) in [7, 11) is 0. The van der Waals surface area contributed by atoms with Crippen LogP contribution in [-0.2, 0) is 9.53 Å². The fourth-order valence-corrected chi connectivity index (χ4v) is 4.21. The van der Waals surface area contributed by atoms with Gasteiger partial charge in [0, 0.05) is 47.9 Å². The highest BCUT2D eigenvalue weighted by Crippen LogP contribution is 2.34. The third-order valence-corrected chi connectivity index (χ3v) is 6.20. The number of nitrogens with one attached hydrogen (secondary N) is 1. The first kappa shape index (κ1) is 20.0. The third-order valence-electron chi connectivity index (χ3n) is 6.20. The van der Waals surface area contributed by atoms with Crippen molar-refractivity contribution in [3.8, 4) is 11.5 Å². The maximum Gasteiger partial charge on any atom is 0.231 e. The van der Waals surface area contributed by atoms with E-state index in [0.717, 1.165) is 53.8 Å². The van der Waals surface area contributed by atoms with Gasteiger partial charge < -0.3 is 19.4 Å². The molecule has 1 saturated carbocycles. The quantitative estimate of drug-likeness (QED) is 0.508. The second-order valence-corrected chi connectivity index (χ2v) is 8.77. The number of aryl methyl sites for hydroxylation is 1. The average Bonchev–Trinajstić information content (AvgIpc) is 3.58. The summed E-state index contributed by atoms with van der Waals surface area (Å²) in [4.78, 5) is 32.8. The number of rotatable bonds is 4. The van der Waals surface area contributed by atoms with Gasteiger partial charge in [-0.05, 0) is 44.9 Å². The lowest BCUT2D eigenvalue weighted by Crippen LogP contribution is -2.41. The predicted molar refractivity (Wildman–Crippen MR) is 124 cm³/mol. The number of nitrogens with zero attached hydrogens (tertiary/aromatic N) is 5. The molecule has 9 nitrogen and oxygen atoms in total. The number of ether oxygens (including phenoxy) is 1. The second kappa shape index (κ2) is 7.77. The summed E-state index contributed by atoms with van der Waals surface area (Å²) >= 11 is 0. The molecule has 1 aliphatic carbocycles. The number of oxazole rings is 1. The topological polar surface area (TPSA) is 106 Å². The van der Waals surface area contributed by atoms with Crippen LogP contribution in [0.1, 0.15) is 25.5 Å². The van der Waals surface area contributed by atoms with Crippen molar-refractivity contribution in [3.05, 3.63) is 36.3 Å². The van der Waals surface area contributed by atoms with Crippen LogP contribution < -0.4 is 10.2 Å². The summed E-state index contributed by atoms with van der Waals surface area (Å²) < 4.78 is 11.7. The van der Waals surface area contributed by atoms with Gasteiger partial charge in [-0.15, -0.1) is 0 Å². The third kappa shape index (κ3) is 3.78. The molecule has 0 spiro atoms. The Labute approximate surface area is 190 Å². The minimum absolute atomic E-state index is 0.0187.